The molecule has 0 spiro atoms. The molecular weight excluding hydrogens is 370 g/mol. The van der Waals surface area contributed by atoms with Crippen LogP contribution in [-0.4, -0.2) is 26.8 Å². The number of aryl methyl sites for hydroxylation is 1. The van der Waals surface area contributed by atoms with Crippen molar-refractivity contribution in [2.75, 3.05) is 0 Å². The smallest absolute Gasteiger partial charge is 0.333 e. The summed E-state index contributed by atoms with van der Waals surface area (Å²) in [7, 11) is 0. The van der Waals surface area contributed by atoms with Crippen molar-refractivity contribution in [2.45, 2.75) is 26.3 Å². The Balaban J connectivity index is 1.56. The van der Waals surface area contributed by atoms with Gasteiger partial charge in [0.1, 0.15) is 0 Å². The molecule has 0 fully saturated rings. The third-order valence-electron chi connectivity index (χ3n) is 4.46. The number of carbonyl (C=O) groups excluding carboxylic acids is 2. The van der Waals surface area contributed by atoms with E-state index in [0.29, 0.717) is 5.69 Å². The summed E-state index contributed by atoms with van der Waals surface area (Å²) < 4.78 is 1.38. The molecule has 8 heteroatoms. The Labute approximate surface area is 168 Å². The van der Waals surface area contributed by atoms with E-state index in [1.807, 2.05) is 49.4 Å². The molecule has 0 aliphatic heterocycles. The molecule has 3 amide bonds. The van der Waals surface area contributed by atoms with Crippen LogP contribution in [0.1, 0.15) is 41.5 Å². The topological polar surface area (TPSA) is 108 Å². The van der Waals surface area contributed by atoms with Gasteiger partial charge in [0, 0.05) is 0 Å². The number of hydrogen-bond acceptors (Lipinski definition) is 4. The first-order chi connectivity index (χ1) is 14.0. The van der Waals surface area contributed by atoms with E-state index >= 15 is 0 Å². The van der Waals surface area contributed by atoms with Crippen molar-refractivity contribution < 1.29 is 14.7 Å². The summed E-state index contributed by atoms with van der Waals surface area (Å²) in [5, 5.41) is 16.8. The molecule has 0 saturated carbocycles. The highest BCUT2D eigenvalue weighted by atomic mass is 16.3. The molecule has 1 atom stereocenters. The summed E-state index contributed by atoms with van der Waals surface area (Å²) in [5.41, 5.74) is 7.17. The third-order valence-corrected chi connectivity index (χ3v) is 4.46. The predicted octanol–water partition coefficient (Wildman–Crippen LogP) is 2.85. The van der Waals surface area contributed by atoms with Crippen LogP contribution in [-0.2, 0) is 6.42 Å². The number of hydrogen-bond donors (Lipinski definition) is 4. The first kappa shape index (κ1) is 19.9. The van der Waals surface area contributed by atoms with Crippen LogP contribution in [0.15, 0.2) is 60.8 Å². The average Bonchev–Trinajstić information content (AvgIpc) is 3.14. The van der Waals surface area contributed by atoms with E-state index < -0.39 is 11.9 Å². The number of para-hydroxylation sites is 1. The summed E-state index contributed by atoms with van der Waals surface area (Å²) in [6, 6.07) is 16.2. The molecule has 0 bridgehead atoms. The second kappa shape index (κ2) is 8.92. The minimum Gasteiger partial charge on any atom is -0.504 e. The van der Waals surface area contributed by atoms with Crippen LogP contribution in [0.25, 0.3) is 5.69 Å². The second-order valence-electron chi connectivity index (χ2n) is 6.51. The van der Waals surface area contributed by atoms with Crippen LogP contribution < -0.4 is 16.2 Å². The van der Waals surface area contributed by atoms with Crippen LogP contribution in [0.2, 0.25) is 0 Å². The lowest BCUT2D eigenvalue weighted by Gasteiger charge is -2.15. The van der Waals surface area contributed by atoms with Crippen LogP contribution >= 0.6 is 0 Å². The molecule has 0 radical (unpaired) electrons. The van der Waals surface area contributed by atoms with Crippen molar-refractivity contribution in [3.8, 4) is 11.4 Å². The first-order valence-corrected chi connectivity index (χ1v) is 9.27. The zero-order valence-corrected chi connectivity index (χ0v) is 16.2. The third kappa shape index (κ3) is 4.92. The van der Waals surface area contributed by atoms with Gasteiger partial charge in [0.2, 0.25) is 0 Å². The summed E-state index contributed by atoms with van der Waals surface area (Å²) in [6.07, 6.45) is 2.27. The number of nitrogens with zero attached hydrogens (tertiary/aromatic N) is 2. The van der Waals surface area contributed by atoms with Gasteiger partial charge in [0.05, 0.1) is 17.9 Å². The van der Waals surface area contributed by atoms with Crippen molar-refractivity contribution in [3.05, 3.63) is 77.6 Å². The standard InChI is InChI=1S/C21H23N5O3/c1-3-15-9-11-16(12-10-15)14(2)22-21(29)24-23-20(28)19-18(27)13-26(25-19)17-7-5-4-6-8-17/h4-14,27H,3H2,1-2H3,(H,23,28)(H2,22,24,29). The maximum Gasteiger partial charge on any atom is 0.333 e. The molecule has 4 N–H and O–H groups in total. The predicted molar refractivity (Wildman–Crippen MR) is 109 cm³/mol. The quantitative estimate of drug-likeness (QED) is 0.500. The zero-order chi connectivity index (χ0) is 20.8. The maximum atomic E-state index is 12.3. The van der Waals surface area contributed by atoms with E-state index in [1.165, 1.54) is 16.4 Å². The lowest BCUT2D eigenvalue weighted by atomic mass is 10.1. The SMILES string of the molecule is CCc1ccc(C(C)NC(=O)NNC(=O)c2nn(-c3ccccc3)cc2O)cc1. The zero-order valence-electron chi connectivity index (χ0n) is 16.2. The van der Waals surface area contributed by atoms with Crippen LogP contribution in [0.4, 0.5) is 4.79 Å². The number of aromatic nitrogens is 2. The van der Waals surface area contributed by atoms with Crippen LogP contribution in [0, 0.1) is 0 Å². The van der Waals surface area contributed by atoms with Gasteiger partial charge in [-0.15, -0.1) is 0 Å². The molecule has 8 nitrogen and oxygen atoms in total. The second-order valence-corrected chi connectivity index (χ2v) is 6.51. The van der Waals surface area contributed by atoms with E-state index in [4.69, 9.17) is 0 Å². The Morgan fingerprint density at radius 2 is 1.76 bits per heavy atom. The lowest BCUT2D eigenvalue weighted by molar-refractivity contribution is 0.0927. The number of rotatable bonds is 5. The van der Waals surface area contributed by atoms with Crippen molar-refractivity contribution in [1.82, 2.24) is 25.9 Å². The fourth-order valence-electron chi connectivity index (χ4n) is 2.77. The van der Waals surface area contributed by atoms with Gasteiger partial charge in [-0.25, -0.2) is 14.9 Å². The Hall–Kier alpha value is -3.81. The number of benzene rings is 2. The monoisotopic (exact) mass is 393 g/mol. The van der Waals surface area contributed by atoms with Gasteiger partial charge in [0.25, 0.3) is 5.91 Å². The molecule has 0 aliphatic carbocycles. The number of amides is 3. The van der Waals surface area contributed by atoms with Gasteiger partial charge in [-0.3, -0.25) is 10.2 Å². The fraction of sp³-hybridized carbons (Fsp3) is 0.190. The Morgan fingerprint density at radius 1 is 1.07 bits per heavy atom. The largest absolute Gasteiger partial charge is 0.504 e. The Bertz CT molecular complexity index is 983. The first-order valence-electron chi connectivity index (χ1n) is 9.27. The highest BCUT2D eigenvalue weighted by Gasteiger charge is 2.18. The molecule has 3 rings (SSSR count). The van der Waals surface area contributed by atoms with Crippen molar-refractivity contribution >= 4 is 11.9 Å². The molecule has 1 heterocycles. The molecular formula is C21H23N5O3. The minimum atomic E-state index is -0.729. The molecule has 1 aromatic heterocycles. The van der Waals surface area contributed by atoms with Crippen molar-refractivity contribution in [2.24, 2.45) is 0 Å². The molecule has 29 heavy (non-hydrogen) atoms. The molecule has 2 aromatic carbocycles. The molecule has 0 aliphatic rings. The van der Waals surface area contributed by atoms with E-state index in [-0.39, 0.29) is 17.5 Å². The van der Waals surface area contributed by atoms with Gasteiger partial charge in [-0.05, 0) is 36.6 Å². The van der Waals surface area contributed by atoms with E-state index in [1.54, 1.807) is 12.1 Å². The lowest BCUT2D eigenvalue weighted by Crippen LogP contribution is -2.47. The van der Waals surface area contributed by atoms with Gasteiger partial charge >= 0.3 is 6.03 Å². The minimum absolute atomic E-state index is 0.197. The highest BCUT2D eigenvalue weighted by Crippen LogP contribution is 2.18. The van der Waals surface area contributed by atoms with Crippen molar-refractivity contribution in [1.29, 1.82) is 0 Å². The maximum absolute atomic E-state index is 12.3. The van der Waals surface area contributed by atoms with Crippen LogP contribution in [0.3, 0.4) is 0 Å². The molecule has 150 valence electrons. The molecule has 0 saturated heterocycles. The van der Waals surface area contributed by atoms with Gasteiger partial charge < -0.3 is 10.4 Å². The highest BCUT2D eigenvalue weighted by molar-refractivity contribution is 5.95. The Kier molecular flexibility index (Phi) is 6.13. The van der Waals surface area contributed by atoms with Crippen LogP contribution in [0.5, 0.6) is 5.75 Å². The summed E-state index contributed by atoms with van der Waals surface area (Å²) in [4.78, 5) is 24.3. The number of nitrogens with one attached hydrogen (secondary N) is 3. The molecule has 1 unspecified atom stereocenters. The van der Waals surface area contributed by atoms with Crippen molar-refractivity contribution in [3.63, 3.8) is 0 Å². The van der Waals surface area contributed by atoms with Gasteiger partial charge in [-0.1, -0.05) is 49.4 Å². The summed E-state index contributed by atoms with van der Waals surface area (Å²) in [5.74, 6) is -1.02. The van der Waals surface area contributed by atoms with E-state index in [9.17, 15) is 14.7 Å². The van der Waals surface area contributed by atoms with Gasteiger partial charge in [0.15, 0.2) is 11.4 Å². The normalized spacial score (nSPS) is 11.5. The number of aromatic hydroxyl groups is 1. The number of carbonyl (C=O) groups is 2. The van der Waals surface area contributed by atoms with E-state index in [0.717, 1.165) is 12.0 Å². The summed E-state index contributed by atoms with van der Waals surface area (Å²) in [6.45, 7) is 3.92. The van der Waals surface area contributed by atoms with Gasteiger partial charge in [-0.2, -0.15) is 5.10 Å². The van der Waals surface area contributed by atoms with E-state index in [2.05, 4.69) is 28.2 Å². The average molecular weight is 393 g/mol. The number of hydrazine groups is 1. The fourth-order valence-corrected chi connectivity index (χ4v) is 2.77. The Morgan fingerprint density at radius 3 is 2.41 bits per heavy atom. The molecule has 3 aromatic rings. The summed E-state index contributed by atoms with van der Waals surface area (Å²) >= 11 is 0. The number of urea groups is 1.